The summed E-state index contributed by atoms with van der Waals surface area (Å²) in [5.41, 5.74) is 0. The second kappa shape index (κ2) is 49.6. The first-order valence-corrected chi connectivity index (χ1v) is 27.2. The number of aliphatic hydroxyl groups is 1. The van der Waals surface area contributed by atoms with Gasteiger partial charge in [0, 0.05) is 6.42 Å². The molecule has 5 nitrogen and oxygen atoms in total. The highest BCUT2D eigenvalue weighted by Gasteiger charge is 2.29. The summed E-state index contributed by atoms with van der Waals surface area (Å²) in [6.45, 7) is 7.21. The van der Waals surface area contributed by atoms with Crippen LogP contribution in [0.1, 0.15) is 316 Å². The second-order valence-corrected chi connectivity index (χ2v) is 18.8. The topological polar surface area (TPSA) is 75.6 Å². The minimum Gasteiger partial charge on any atom is -0.464 e. The lowest BCUT2D eigenvalue weighted by molar-refractivity contribution is -0.151. The van der Waals surface area contributed by atoms with Crippen LogP contribution in [0.5, 0.6) is 0 Å². The molecule has 0 bridgehead atoms. The normalized spacial score (nSPS) is 12.5. The number of rotatable bonds is 50. The van der Waals surface area contributed by atoms with E-state index in [1.54, 1.807) is 0 Å². The SMILES string of the molecule is CCCCCCCCCCCCCCCCCCOC(=O)C(NC(=O)CCCCCCCCCCCCCCCCC)C(O)CCCCCCCCCCCCCCC. The summed E-state index contributed by atoms with van der Waals surface area (Å²) in [5.74, 6) is -0.591. The van der Waals surface area contributed by atoms with E-state index in [-0.39, 0.29) is 5.91 Å². The van der Waals surface area contributed by atoms with Crippen molar-refractivity contribution in [2.75, 3.05) is 6.61 Å². The third-order valence-corrected chi connectivity index (χ3v) is 12.8. The number of nitrogens with one attached hydrogen (secondary N) is 1. The van der Waals surface area contributed by atoms with Gasteiger partial charge < -0.3 is 15.2 Å². The van der Waals surface area contributed by atoms with Crippen LogP contribution in [0.3, 0.4) is 0 Å². The maximum Gasteiger partial charge on any atom is 0.331 e. The van der Waals surface area contributed by atoms with E-state index in [1.807, 2.05) is 0 Å². The molecule has 0 aromatic rings. The van der Waals surface area contributed by atoms with Crippen molar-refractivity contribution in [2.24, 2.45) is 0 Å². The number of unbranched alkanes of at least 4 members (excludes halogenated alkanes) is 41. The zero-order chi connectivity index (χ0) is 43.0. The highest BCUT2D eigenvalue weighted by Crippen LogP contribution is 2.18. The van der Waals surface area contributed by atoms with Gasteiger partial charge in [0.15, 0.2) is 6.04 Å². The summed E-state index contributed by atoms with van der Waals surface area (Å²) in [7, 11) is 0. The minimum absolute atomic E-state index is 0.131. The van der Waals surface area contributed by atoms with Crippen molar-refractivity contribution < 1.29 is 19.4 Å². The molecule has 0 saturated carbocycles. The van der Waals surface area contributed by atoms with Crippen LogP contribution in [0.25, 0.3) is 0 Å². The number of carbonyl (C=O) groups excluding carboxylic acids is 2. The van der Waals surface area contributed by atoms with Crippen molar-refractivity contribution in [1.29, 1.82) is 0 Å². The molecule has 352 valence electrons. The molecule has 0 aliphatic carbocycles. The van der Waals surface area contributed by atoms with Crippen LogP contribution in [0.4, 0.5) is 0 Å². The molecule has 0 spiro atoms. The molecule has 0 aliphatic heterocycles. The molecule has 1 amide bonds. The van der Waals surface area contributed by atoms with E-state index in [9.17, 15) is 14.7 Å². The number of carbonyl (C=O) groups is 2. The predicted molar refractivity (Wildman–Crippen MR) is 258 cm³/mol. The number of ether oxygens (including phenoxy) is 1. The summed E-state index contributed by atoms with van der Waals surface area (Å²) < 4.78 is 5.68. The largest absolute Gasteiger partial charge is 0.464 e. The molecule has 0 radical (unpaired) electrons. The minimum atomic E-state index is -0.961. The molecule has 0 aromatic carbocycles. The zero-order valence-corrected chi connectivity index (χ0v) is 40.6. The third kappa shape index (κ3) is 44.8. The van der Waals surface area contributed by atoms with Gasteiger partial charge in [-0.1, -0.05) is 290 Å². The van der Waals surface area contributed by atoms with E-state index >= 15 is 0 Å². The highest BCUT2D eigenvalue weighted by molar-refractivity contribution is 5.84. The van der Waals surface area contributed by atoms with Gasteiger partial charge in [0.05, 0.1) is 12.7 Å². The van der Waals surface area contributed by atoms with E-state index in [0.29, 0.717) is 19.4 Å². The van der Waals surface area contributed by atoms with Crippen LogP contribution in [0, 0.1) is 0 Å². The van der Waals surface area contributed by atoms with E-state index in [1.165, 1.54) is 238 Å². The number of aliphatic hydroxyl groups excluding tert-OH is 1. The Morgan fingerprint density at radius 3 is 0.932 bits per heavy atom. The van der Waals surface area contributed by atoms with Crippen LogP contribution in [0.15, 0.2) is 0 Å². The quantitative estimate of drug-likeness (QED) is 0.0473. The summed E-state index contributed by atoms with van der Waals surface area (Å²) in [6, 6.07) is -0.961. The molecule has 2 unspecified atom stereocenters. The molecular weight excluding hydrogens is 727 g/mol. The molecule has 0 saturated heterocycles. The molecule has 0 fully saturated rings. The van der Waals surface area contributed by atoms with E-state index in [4.69, 9.17) is 4.74 Å². The zero-order valence-electron chi connectivity index (χ0n) is 40.6. The Labute approximate surface area is 370 Å². The predicted octanol–water partition coefficient (Wildman–Crippen LogP) is 17.4. The lowest BCUT2D eigenvalue weighted by atomic mass is 10.0. The molecule has 2 N–H and O–H groups in total. The first-order valence-electron chi connectivity index (χ1n) is 27.2. The third-order valence-electron chi connectivity index (χ3n) is 12.8. The van der Waals surface area contributed by atoms with Crippen molar-refractivity contribution >= 4 is 11.9 Å². The number of hydrogen-bond acceptors (Lipinski definition) is 4. The van der Waals surface area contributed by atoms with Crippen molar-refractivity contribution in [3.05, 3.63) is 0 Å². The molecule has 0 aliphatic rings. The monoisotopic (exact) mass is 834 g/mol. The van der Waals surface area contributed by atoms with Crippen molar-refractivity contribution in [3.63, 3.8) is 0 Å². The summed E-state index contributed by atoms with van der Waals surface area (Å²) in [4.78, 5) is 26.2. The fourth-order valence-corrected chi connectivity index (χ4v) is 8.67. The molecule has 5 heteroatoms. The van der Waals surface area contributed by atoms with Crippen LogP contribution in [-0.2, 0) is 14.3 Å². The number of esters is 1. The van der Waals surface area contributed by atoms with Crippen LogP contribution in [-0.4, -0.2) is 35.7 Å². The van der Waals surface area contributed by atoms with Gasteiger partial charge in [0.2, 0.25) is 5.91 Å². The maximum atomic E-state index is 13.2. The van der Waals surface area contributed by atoms with E-state index in [2.05, 4.69) is 26.1 Å². The first kappa shape index (κ1) is 57.9. The molecule has 2 atom stereocenters. The molecule has 0 heterocycles. The number of hydrogen-bond donors (Lipinski definition) is 2. The Hall–Kier alpha value is -1.10. The molecule has 59 heavy (non-hydrogen) atoms. The van der Waals surface area contributed by atoms with Gasteiger partial charge in [0.25, 0.3) is 0 Å². The van der Waals surface area contributed by atoms with Gasteiger partial charge in [-0.05, 0) is 19.3 Å². The van der Waals surface area contributed by atoms with Crippen LogP contribution in [0.2, 0.25) is 0 Å². The van der Waals surface area contributed by atoms with Gasteiger partial charge in [-0.25, -0.2) is 4.79 Å². The average Bonchev–Trinajstić information content (AvgIpc) is 3.23. The lowest BCUT2D eigenvalue weighted by Gasteiger charge is -2.23. The molecular formula is C54H107NO4. The summed E-state index contributed by atoms with van der Waals surface area (Å²) in [5, 5.41) is 14.0. The van der Waals surface area contributed by atoms with E-state index < -0.39 is 18.1 Å². The smallest absolute Gasteiger partial charge is 0.331 e. The standard InChI is InChI=1S/C54H107NO4/c1-4-7-10-13-16-19-22-25-27-29-32-35-38-41-44-47-50-59-54(58)53(51(56)48-45-42-39-36-33-30-24-21-18-15-12-9-6-3)55-52(57)49-46-43-40-37-34-31-28-26-23-20-17-14-11-8-5-2/h51,53,56H,4-50H2,1-3H3,(H,55,57). The second-order valence-electron chi connectivity index (χ2n) is 18.8. The van der Waals surface area contributed by atoms with Crippen molar-refractivity contribution in [1.82, 2.24) is 5.32 Å². The fraction of sp³-hybridized carbons (Fsp3) is 0.963. The van der Waals surface area contributed by atoms with Gasteiger partial charge in [0.1, 0.15) is 0 Å². The van der Waals surface area contributed by atoms with Gasteiger partial charge >= 0.3 is 5.97 Å². The summed E-state index contributed by atoms with van der Waals surface area (Å²) in [6.07, 6.45) is 56.9. The number of amides is 1. The molecule has 0 aromatic heterocycles. The Balaban J connectivity index is 4.31. The maximum absolute atomic E-state index is 13.2. The highest BCUT2D eigenvalue weighted by atomic mass is 16.5. The lowest BCUT2D eigenvalue weighted by Crippen LogP contribution is -2.49. The first-order chi connectivity index (χ1) is 29.1. The summed E-state index contributed by atoms with van der Waals surface area (Å²) >= 11 is 0. The average molecular weight is 834 g/mol. The van der Waals surface area contributed by atoms with Gasteiger partial charge in [-0.15, -0.1) is 0 Å². The Bertz CT molecular complexity index is 833. The van der Waals surface area contributed by atoms with Gasteiger partial charge in [-0.2, -0.15) is 0 Å². The van der Waals surface area contributed by atoms with E-state index in [0.717, 1.165) is 44.9 Å². The van der Waals surface area contributed by atoms with Crippen molar-refractivity contribution in [2.45, 2.75) is 328 Å². The van der Waals surface area contributed by atoms with Crippen LogP contribution >= 0.6 is 0 Å². The molecule has 0 rings (SSSR count). The van der Waals surface area contributed by atoms with Crippen LogP contribution < -0.4 is 5.32 Å². The Kier molecular flexibility index (Phi) is 48.6. The van der Waals surface area contributed by atoms with Crippen molar-refractivity contribution in [3.8, 4) is 0 Å². The Morgan fingerprint density at radius 1 is 0.373 bits per heavy atom. The Morgan fingerprint density at radius 2 is 0.627 bits per heavy atom. The fourth-order valence-electron chi connectivity index (χ4n) is 8.67. The van der Waals surface area contributed by atoms with Gasteiger partial charge in [-0.3, -0.25) is 4.79 Å².